The van der Waals surface area contributed by atoms with Crippen LogP contribution in [0.5, 0.6) is 0 Å². The van der Waals surface area contributed by atoms with Crippen LogP contribution in [0.3, 0.4) is 0 Å². The highest BCUT2D eigenvalue weighted by Gasteiger charge is 2.35. The molecule has 0 N–H and O–H groups in total. The molecule has 1 aromatic rings. The van der Waals surface area contributed by atoms with E-state index in [1.165, 1.54) is 5.57 Å². The lowest BCUT2D eigenvalue weighted by Crippen LogP contribution is -2.05. The van der Waals surface area contributed by atoms with Gasteiger partial charge in [0, 0.05) is 21.5 Å². The number of hydrogen-bond donors (Lipinski definition) is 0. The van der Waals surface area contributed by atoms with Crippen molar-refractivity contribution in [2.75, 3.05) is 5.33 Å². The fraction of sp³-hybridized carbons (Fsp3) is 0.476. The van der Waals surface area contributed by atoms with Crippen molar-refractivity contribution >= 4 is 33.5 Å². The monoisotopic (exact) mass is 424 g/mol. The van der Waals surface area contributed by atoms with E-state index < -0.39 is 0 Å². The van der Waals surface area contributed by atoms with Crippen molar-refractivity contribution < 1.29 is 9.53 Å². The lowest BCUT2D eigenvalue weighted by Gasteiger charge is -2.17. The predicted molar refractivity (Wildman–Crippen MR) is 108 cm³/mol. The van der Waals surface area contributed by atoms with Crippen molar-refractivity contribution in [1.82, 2.24) is 0 Å². The van der Waals surface area contributed by atoms with E-state index in [1.807, 2.05) is 24.3 Å². The molecule has 1 aliphatic heterocycles. The molecule has 2 nitrogen and oxygen atoms in total. The Morgan fingerprint density at radius 3 is 2.48 bits per heavy atom. The number of ether oxygens (including phenoxy) is 1. The maximum Gasteiger partial charge on any atom is 0.335 e. The second kappa shape index (κ2) is 10.2. The first-order valence-corrected chi connectivity index (χ1v) is 10.6. The van der Waals surface area contributed by atoms with E-state index in [0.29, 0.717) is 5.02 Å². The number of unbranched alkanes of at least 4 members (excludes halogenated alkanes) is 3. The highest BCUT2D eigenvalue weighted by molar-refractivity contribution is 9.09. The van der Waals surface area contributed by atoms with Crippen molar-refractivity contribution in [2.24, 2.45) is 0 Å². The van der Waals surface area contributed by atoms with Crippen molar-refractivity contribution in [3.63, 3.8) is 0 Å². The molecule has 25 heavy (non-hydrogen) atoms. The summed E-state index contributed by atoms with van der Waals surface area (Å²) in [7, 11) is 0. The molecule has 0 aliphatic carbocycles. The summed E-state index contributed by atoms with van der Waals surface area (Å²) in [6.45, 7) is 4.33. The number of alkyl halides is 1. The van der Waals surface area contributed by atoms with Gasteiger partial charge < -0.3 is 4.74 Å². The third-order valence-corrected chi connectivity index (χ3v) is 5.31. The zero-order valence-electron chi connectivity index (χ0n) is 15.0. The zero-order chi connectivity index (χ0) is 18.2. The molecular weight excluding hydrogens is 400 g/mol. The molecule has 1 aromatic carbocycles. The molecule has 1 heterocycles. The standard InChI is InChI=1S/C21H26BrClO2/c1-3-5-7-8-16(14-22)19-18(9-6-4-2)21(24)25-20(19)15-10-12-17(23)13-11-15/h8,10-13,20H,3-7,9,14H2,1-2H3/b16-8+. The summed E-state index contributed by atoms with van der Waals surface area (Å²) >= 11 is 9.63. The Bertz CT molecular complexity index is 646. The molecule has 0 radical (unpaired) electrons. The molecule has 136 valence electrons. The molecule has 2 rings (SSSR count). The Balaban J connectivity index is 2.44. The molecular formula is C21H26BrClO2. The summed E-state index contributed by atoms with van der Waals surface area (Å²) in [5.74, 6) is -0.175. The molecule has 0 aromatic heterocycles. The minimum absolute atomic E-state index is 0.175. The molecule has 0 saturated carbocycles. The zero-order valence-corrected chi connectivity index (χ0v) is 17.3. The van der Waals surface area contributed by atoms with Crippen molar-refractivity contribution in [1.29, 1.82) is 0 Å². The average molecular weight is 426 g/mol. The van der Waals surface area contributed by atoms with Gasteiger partial charge in [0.2, 0.25) is 0 Å². The van der Waals surface area contributed by atoms with Crippen LogP contribution in [-0.4, -0.2) is 11.3 Å². The van der Waals surface area contributed by atoms with Gasteiger partial charge in [-0.05, 0) is 42.5 Å². The van der Waals surface area contributed by atoms with Gasteiger partial charge in [-0.2, -0.15) is 0 Å². The molecule has 0 bridgehead atoms. The minimum atomic E-state index is -0.331. The van der Waals surface area contributed by atoms with Gasteiger partial charge in [-0.15, -0.1) is 0 Å². The Kier molecular flexibility index (Phi) is 8.25. The number of carbonyl (C=O) groups is 1. The van der Waals surface area contributed by atoms with Gasteiger partial charge in [0.25, 0.3) is 0 Å². The molecule has 1 unspecified atom stereocenters. The quantitative estimate of drug-likeness (QED) is 0.243. The SMILES string of the molecule is CCCC/C=C(\CBr)C1=C(CCCC)C(=O)OC1c1ccc(Cl)cc1. The number of cyclic esters (lactones) is 1. The van der Waals surface area contributed by atoms with Crippen LogP contribution in [0.25, 0.3) is 0 Å². The van der Waals surface area contributed by atoms with Gasteiger partial charge in [0.1, 0.15) is 0 Å². The van der Waals surface area contributed by atoms with Crippen LogP contribution in [0.4, 0.5) is 0 Å². The summed E-state index contributed by atoms with van der Waals surface area (Å²) < 4.78 is 5.78. The first kappa shape index (κ1) is 20.3. The van der Waals surface area contributed by atoms with Crippen LogP contribution in [0.1, 0.15) is 64.0 Å². The van der Waals surface area contributed by atoms with E-state index in [9.17, 15) is 4.79 Å². The first-order valence-electron chi connectivity index (χ1n) is 9.07. The lowest BCUT2D eigenvalue weighted by molar-refractivity contribution is -0.140. The largest absolute Gasteiger partial charge is 0.449 e. The summed E-state index contributed by atoms with van der Waals surface area (Å²) in [6.07, 6.45) is 8.06. The van der Waals surface area contributed by atoms with Crippen molar-refractivity contribution in [3.05, 3.63) is 57.6 Å². The summed E-state index contributed by atoms with van der Waals surface area (Å²) in [5.41, 5.74) is 4.03. The molecule has 0 amide bonds. The molecule has 0 saturated heterocycles. The Hall–Kier alpha value is -1.06. The van der Waals surface area contributed by atoms with Crippen LogP contribution in [0.15, 0.2) is 47.1 Å². The number of allylic oxidation sites excluding steroid dienone is 1. The van der Waals surface area contributed by atoms with E-state index in [1.54, 1.807) is 0 Å². The smallest absolute Gasteiger partial charge is 0.335 e. The number of benzene rings is 1. The third kappa shape index (κ3) is 5.21. The van der Waals surface area contributed by atoms with Crippen LogP contribution >= 0.6 is 27.5 Å². The molecule has 0 fully saturated rings. The van der Waals surface area contributed by atoms with Gasteiger partial charge >= 0.3 is 5.97 Å². The van der Waals surface area contributed by atoms with E-state index in [2.05, 4.69) is 35.9 Å². The minimum Gasteiger partial charge on any atom is -0.449 e. The predicted octanol–water partition coefficient (Wildman–Crippen LogP) is 6.94. The number of halogens is 2. The number of carbonyl (C=O) groups excluding carboxylic acids is 1. The van der Waals surface area contributed by atoms with Crippen molar-refractivity contribution in [2.45, 2.75) is 58.5 Å². The maximum absolute atomic E-state index is 12.5. The Morgan fingerprint density at radius 1 is 1.20 bits per heavy atom. The number of hydrogen-bond acceptors (Lipinski definition) is 2. The van der Waals surface area contributed by atoms with Crippen LogP contribution in [0, 0.1) is 0 Å². The van der Waals surface area contributed by atoms with E-state index >= 15 is 0 Å². The van der Waals surface area contributed by atoms with Crippen LogP contribution < -0.4 is 0 Å². The fourth-order valence-electron chi connectivity index (χ4n) is 3.05. The van der Waals surface area contributed by atoms with E-state index in [0.717, 1.165) is 60.6 Å². The van der Waals surface area contributed by atoms with Gasteiger partial charge in [-0.1, -0.05) is 78.8 Å². The summed E-state index contributed by atoms with van der Waals surface area (Å²) in [4.78, 5) is 12.5. The highest BCUT2D eigenvalue weighted by atomic mass is 79.9. The summed E-state index contributed by atoms with van der Waals surface area (Å²) in [5, 5.41) is 1.41. The second-order valence-electron chi connectivity index (χ2n) is 6.34. The average Bonchev–Trinajstić information content (AvgIpc) is 2.94. The Morgan fingerprint density at radius 2 is 1.88 bits per heavy atom. The highest BCUT2D eigenvalue weighted by Crippen LogP contribution is 2.42. The normalized spacial score (nSPS) is 18.0. The Labute approximate surface area is 164 Å². The van der Waals surface area contributed by atoms with Crippen LogP contribution in [-0.2, 0) is 9.53 Å². The topological polar surface area (TPSA) is 26.3 Å². The van der Waals surface area contributed by atoms with Gasteiger partial charge in [-0.3, -0.25) is 0 Å². The second-order valence-corrected chi connectivity index (χ2v) is 7.34. The van der Waals surface area contributed by atoms with Gasteiger partial charge in [0.05, 0.1) is 0 Å². The van der Waals surface area contributed by atoms with E-state index in [-0.39, 0.29) is 12.1 Å². The van der Waals surface area contributed by atoms with Gasteiger partial charge in [0.15, 0.2) is 6.10 Å². The van der Waals surface area contributed by atoms with Crippen LogP contribution in [0.2, 0.25) is 5.02 Å². The first-order chi connectivity index (χ1) is 12.1. The number of rotatable bonds is 9. The molecule has 4 heteroatoms. The lowest BCUT2D eigenvalue weighted by atomic mass is 9.91. The number of esters is 1. The summed E-state index contributed by atoms with van der Waals surface area (Å²) in [6, 6.07) is 7.59. The third-order valence-electron chi connectivity index (χ3n) is 4.45. The van der Waals surface area contributed by atoms with Crippen molar-refractivity contribution in [3.8, 4) is 0 Å². The maximum atomic E-state index is 12.5. The molecule has 0 spiro atoms. The molecule has 1 atom stereocenters. The molecule has 1 aliphatic rings. The van der Waals surface area contributed by atoms with Gasteiger partial charge in [-0.25, -0.2) is 4.79 Å². The van der Waals surface area contributed by atoms with E-state index in [4.69, 9.17) is 16.3 Å². The fourth-order valence-corrected chi connectivity index (χ4v) is 3.70.